The number of nitrogens with one attached hydrogen (secondary N) is 1. The highest BCUT2D eigenvalue weighted by Crippen LogP contribution is 2.31. The largest absolute Gasteiger partial charge is 0.314 e. The summed E-state index contributed by atoms with van der Waals surface area (Å²) in [5.74, 6) is 0.878. The molecule has 21 heavy (non-hydrogen) atoms. The molecule has 2 aliphatic rings. The third kappa shape index (κ3) is 5.39. The third-order valence-corrected chi connectivity index (χ3v) is 7.54. The molecule has 0 aromatic carbocycles. The summed E-state index contributed by atoms with van der Waals surface area (Å²) in [6.45, 7) is 7.15. The van der Waals surface area contributed by atoms with Crippen molar-refractivity contribution in [2.75, 3.05) is 39.0 Å². The van der Waals surface area contributed by atoms with Crippen molar-refractivity contribution in [3.63, 3.8) is 0 Å². The molecule has 0 spiro atoms. The van der Waals surface area contributed by atoms with Crippen LogP contribution in [-0.2, 0) is 10.2 Å². The van der Waals surface area contributed by atoms with E-state index in [1.165, 1.54) is 17.1 Å². The molecule has 5 nitrogen and oxygen atoms in total. The van der Waals surface area contributed by atoms with Crippen molar-refractivity contribution in [1.29, 1.82) is 0 Å². The number of hydrogen-bond acceptors (Lipinski definition) is 4. The lowest BCUT2D eigenvalue weighted by Gasteiger charge is -2.27. The van der Waals surface area contributed by atoms with Gasteiger partial charge in [-0.25, -0.2) is 0 Å². The molecular weight excluding hydrogens is 306 g/mol. The van der Waals surface area contributed by atoms with E-state index >= 15 is 0 Å². The van der Waals surface area contributed by atoms with E-state index < -0.39 is 10.2 Å². The first kappa shape index (κ1) is 17.5. The average Bonchev–Trinajstić information content (AvgIpc) is 3.22. The van der Waals surface area contributed by atoms with Crippen LogP contribution in [0.1, 0.15) is 39.5 Å². The zero-order valence-corrected chi connectivity index (χ0v) is 15.1. The monoisotopic (exact) mass is 335 g/mol. The minimum Gasteiger partial charge on any atom is -0.314 e. The lowest BCUT2D eigenvalue weighted by Crippen LogP contribution is -2.44. The highest BCUT2D eigenvalue weighted by Gasteiger charge is 2.32. The molecule has 0 radical (unpaired) electrons. The molecule has 124 valence electrons. The Morgan fingerprint density at radius 3 is 2.71 bits per heavy atom. The number of rotatable bonds is 7. The Bertz CT molecular complexity index is 436. The highest BCUT2D eigenvalue weighted by molar-refractivity contribution is 8.00. The van der Waals surface area contributed by atoms with Crippen molar-refractivity contribution >= 4 is 22.0 Å². The molecule has 0 bridgehead atoms. The fraction of sp³-hybridized carbons (Fsp3) is 1.00. The van der Waals surface area contributed by atoms with Crippen LogP contribution in [0.4, 0.5) is 0 Å². The first-order valence-corrected chi connectivity index (χ1v) is 10.3. The molecule has 1 heterocycles. The molecule has 1 saturated heterocycles. The lowest BCUT2D eigenvalue weighted by atomic mass is 10.1. The van der Waals surface area contributed by atoms with Gasteiger partial charge in [-0.1, -0.05) is 13.8 Å². The zero-order valence-electron chi connectivity index (χ0n) is 13.5. The predicted octanol–water partition coefficient (Wildman–Crippen LogP) is 1.52. The van der Waals surface area contributed by atoms with E-state index in [1.807, 2.05) is 11.8 Å². The molecule has 1 N–H and O–H groups in total. The van der Waals surface area contributed by atoms with Crippen LogP contribution >= 0.6 is 11.8 Å². The Hall–Kier alpha value is 0.180. The van der Waals surface area contributed by atoms with E-state index in [2.05, 4.69) is 19.2 Å². The van der Waals surface area contributed by atoms with Crippen molar-refractivity contribution in [2.45, 2.75) is 50.3 Å². The van der Waals surface area contributed by atoms with E-state index in [9.17, 15) is 8.42 Å². The molecule has 0 atom stereocenters. The number of nitrogens with zero attached hydrogens (tertiary/aromatic N) is 2. The van der Waals surface area contributed by atoms with E-state index in [0.29, 0.717) is 25.7 Å². The molecule has 0 unspecified atom stereocenters. The van der Waals surface area contributed by atoms with E-state index in [1.54, 1.807) is 11.4 Å². The van der Waals surface area contributed by atoms with Crippen molar-refractivity contribution < 1.29 is 8.42 Å². The molecule has 0 aromatic rings. The van der Waals surface area contributed by atoms with Gasteiger partial charge in [-0.3, -0.25) is 0 Å². The standard InChI is InChI=1S/C14H29N3O2S2/c1-14(2)7-10-17(11-12-20-14)21(18,19)16(3)9-4-8-15-13-5-6-13/h13,15H,4-12H2,1-3H3. The van der Waals surface area contributed by atoms with E-state index in [4.69, 9.17) is 0 Å². The summed E-state index contributed by atoms with van der Waals surface area (Å²) in [6.07, 6.45) is 4.33. The maximum Gasteiger partial charge on any atom is 0.281 e. The summed E-state index contributed by atoms with van der Waals surface area (Å²) >= 11 is 1.87. The Labute approximate surface area is 134 Å². The first-order valence-electron chi connectivity index (χ1n) is 7.90. The molecule has 7 heteroatoms. The fourth-order valence-electron chi connectivity index (χ4n) is 2.44. The summed E-state index contributed by atoms with van der Waals surface area (Å²) in [4.78, 5) is 0. The van der Waals surface area contributed by atoms with Gasteiger partial charge < -0.3 is 5.32 Å². The molecule has 0 aromatic heterocycles. The van der Waals surface area contributed by atoms with Gasteiger partial charge in [0.05, 0.1) is 0 Å². The highest BCUT2D eigenvalue weighted by atomic mass is 32.2. The van der Waals surface area contributed by atoms with Gasteiger partial charge in [0.1, 0.15) is 0 Å². The summed E-state index contributed by atoms with van der Waals surface area (Å²) < 4.78 is 28.6. The van der Waals surface area contributed by atoms with Crippen LogP contribution in [0, 0.1) is 0 Å². The van der Waals surface area contributed by atoms with Crippen LogP contribution in [0.25, 0.3) is 0 Å². The fourth-order valence-corrected chi connectivity index (χ4v) is 5.05. The maximum atomic E-state index is 12.6. The van der Waals surface area contributed by atoms with Gasteiger partial charge in [-0.05, 0) is 32.2 Å². The van der Waals surface area contributed by atoms with Gasteiger partial charge in [0.2, 0.25) is 0 Å². The van der Waals surface area contributed by atoms with Crippen LogP contribution in [0.15, 0.2) is 0 Å². The van der Waals surface area contributed by atoms with Crippen molar-refractivity contribution in [3.8, 4) is 0 Å². The normalized spacial score (nSPS) is 24.2. The summed E-state index contributed by atoms with van der Waals surface area (Å²) in [5.41, 5.74) is 0. The summed E-state index contributed by atoms with van der Waals surface area (Å²) in [7, 11) is -1.59. The number of thioether (sulfide) groups is 1. The van der Waals surface area contributed by atoms with E-state index in [-0.39, 0.29) is 4.75 Å². The SMILES string of the molecule is CN(CCCNC1CC1)S(=O)(=O)N1CCSC(C)(C)CC1. The Morgan fingerprint density at radius 2 is 2.05 bits per heavy atom. The molecule has 2 fully saturated rings. The van der Waals surface area contributed by atoms with Crippen molar-refractivity contribution in [2.24, 2.45) is 0 Å². The van der Waals surface area contributed by atoms with Gasteiger partial charge in [0, 0.05) is 43.2 Å². The molecule has 1 aliphatic heterocycles. The Balaban J connectivity index is 1.80. The lowest BCUT2D eigenvalue weighted by molar-refractivity contribution is 0.359. The van der Waals surface area contributed by atoms with Gasteiger partial charge in [-0.2, -0.15) is 28.8 Å². The minimum absolute atomic E-state index is 0.178. The van der Waals surface area contributed by atoms with Gasteiger partial charge in [0.25, 0.3) is 10.2 Å². The topological polar surface area (TPSA) is 52.7 Å². The van der Waals surface area contributed by atoms with Crippen LogP contribution < -0.4 is 5.32 Å². The Kier molecular flexibility index (Phi) is 5.99. The second kappa shape index (κ2) is 7.17. The minimum atomic E-state index is -3.30. The molecule has 2 rings (SSSR count). The number of hydrogen-bond donors (Lipinski definition) is 1. The first-order chi connectivity index (χ1) is 9.81. The van der Waals surface area contributed by atoms with Crippen molar-refractivity contribution in [1.82, 2.24) is 13.9 Å². The third-order valence-electron chi connectivity index (χ3n) is 4.18. The zero-order chi connectivity index (χ0) is 15.5. The quantitative estimate of drug-likeness (QED) is 0.717. The molecule has 0 amide bonds. The van der Waals surface area contributed by atoms with E-state index in [0.717, 1.165) is 25.1 Å². The molecule has 1 saturated carbocycles. The van der Waals surface area contributed by atoms with Crippen molar-refractivity contribution in [3.05, 3.63) is 0 Å². The summed E-state index contributed by atoms with van der Waals surface area (Å²) in [5, 5.41) is 3.43. The average molecular weight is 336 g/mol. The van der Waals surface area contributed by atoms with Crippen LogP contribution in [0.2, 0.25) is 0 Å². The van der Waals surface area contributed by atoms with Crippen LogP contribution in [0.3, 0.4) is 0 Å². The molecular formula is C14H29N3O2S2. The van der Waals surface area contributed by atoms with Gasteiger partial charge in [-0.15, -0.1) is 0 Å². The molecule has 1 aliphatic carbocycles. The van der Waals surface area contributed by atoms with Gasteiger partial charge >= 0.3 is 0 Å². The van der Waals surface area contributed by atoms with Crippen LogP contribution in [0.5, 0.6) is 0 Å². The second-order valence-corrected chi connectivity index (χ2v) is 10.5. The summed E-state index contributed by atoms with van der Waals surface area (Å²) in [6, 6.07) is 0.691. The maximum absolute atomic E-state index is 12.6. The smallest absolute Gasteiger partial charge is 0.281 e. The van der Waals surface area contributed by atoms with Crippen LogP contribution in [-0.4, -0.2) is 66.8 Å². The second-order valence-electron chi connectivity index (χ2n) is 6.67. The van der Waals surface area contributed by atoms with Gasteiger partial charge in [0.15, 0.2) is 0 Å². The Morgan fingerprint density at radius 1 is 1.33 bits per heavy atom. The predicted molar refractivity (Wildman–Crippen MR) is 89.9 cm³/mol.